The van der Waals surface area contributed by atoms with Gasteiger partial charge in [0.15, 0.2) is 0 Å². The highest BCUT2D eigenvalue weighted by molar-refractivity contribution is 5.79. The third-order valence-electron chi connectivity index (χ3n) is 4.41. The lowest BCUT2D eigenvalue weighted by Crippen LogP contribution is -2.49. The molecule has 0 radical (unpaired) electrons. The fourth-order valence-corrected chi connectivity index (χ4v) is 3.16. The fraction of sp³-hybridized carbons (Fsp3) is 0.625. The summed E-state index contributed by atoms with van der Waals surface area (Å²) in [6.45, 7) is 4.83. The van der Waals surface area contributed by atoms with Crippen LogP contribution in [0.5, 0.6) is 0 Å². The molecule has 2 fully saturated rings. The van der Waals surface area contributed by atoms with Crippen molar-refractivity contribution in [2.24, 2.45) is 0 Å². The average Bonchev–Trinajstić information content (AvgIpc) is 2.91. The summed E-state index contributed by atoms with van der Waals surface area (Å²) in [5.41, 5.74) is 0.175. The molecular formula is C16H23N3O3. The normalized spacial score (nSPS) is 26.3. The molecule has 2 saturated heterocycles. The van der Waals surface area contributed by atoms with Crippen molar-refractivity contribution >= 4 is 5.91 Å². The Labute approximate surface area is 130 Å². The summed E-state index contributed by atoms with van der Waals surface area (Å²) < 4.78 is 5.33. The van der Waals surface area contributed by atoms with Crippen molar-refractivity contribution in [2.75, 3.05) is 45.9 Å². The number of pyridine rings is 1. The van der Waals surface area contributed by atoms with Gasteiger partial charge in [-0.3, -0.25) is 14.7 Å². The first-order valence-corrected chi connectivity index (χ1v) is 7.84. The Morgan fingerprint density at radius 2 is 2.00 bits per heavy atom. The molecule has 3 heterocycles. The lowest BCUT2D eigenvalue weighted by molar-refractivity contribution is -0.130. The van der Waals surface area contributed by atoms with Gasteiger partial charge in [0.25, 0.3) is 0 Å². The first-order chi connectivity index (χ1) is 10.6. The van der Waals surface area contributed by atoms with Crippen molar-refractivity contribution in [3.8, 4) is 0 Å². The van der Waals surface area contributed by atoms with E-state index in [1.807, 2.05) is 12.1 Å². The fourth-order valence-electron chi connectivity index (χ4n) is 3.16. The number of hydrogen-bond donors (Lipinski definition) is 1. The second-order valence-electron chi connectivity index (χ2n) is 6.21. The smallest absolute Gasteiger partial charge is 0.227 e. The van der Waals surface area contributed by atoms with Crippen LogP contribution < -0.4 is 0 Å². The van der Waals surface area contributed by atoms with E-state index >= 15 is 0 Å². The van der Waals surface area contributed by atoms with Crippen LogP contribution in [0, 0.1) is 0 Å². The van der Waals surface area contributed by atoms with Gasteiger partial charge in [-0.25, -0.2) is 0 Å². The van der Waals surface area contributed by atoms with Crippen LogP contribution in [0.25, 0.3) is 0 Å². The number of β-amino-alcohol motifs (C(OH)–C–C–N with tert-alkyl or cyclic N) is 1. The quantitative estimate of drug-likeness (QED) is 0.843. The first-order valence-electron chi connectivity index (χ1n) is 7.84. The third kappa shape index (κ3) is 3.82. The number of morpholine rings is 1. The zero-order valence-corrected chi connectivity index (χ0v) is 12.8. The molecule has 0 aromatic carbocycles. The summed E-state index contributed by atoms with van der Waals surface area (Å²) in [5.74, 6) is 0.0732. The molecule has 1 atom stereocenters. The molecule has 0 saturated carbocycles. The van der Waals surface area contributed by atoms with E-state index in [4.69, 9.17) is 4.74 Å². The van der Waals surface area contributed by atoms with Crippen molar-refractivity contribution < 1.29 is 14.6 Å². The van der Waals surface area contributed by atoms with Crippen molar-refractivity contribution in [3.63, 3.8) is 0 Å². The van der Waals surface area contributed by atoms with Gasteiger partial charge < -0.3 is 14.7 Å². The van der Waals surface area contributed by atoms with E-state index in [0.29, 0.717) is 32.5 Å². The number of aliphatic hydroxyl groups is 1. The molecule has 2 aliphatic heterocycles. The van der Waals surface area contributed by atoms with Gasteiger partial charge in [-0.05, 0) is 24.1 Å². The molecule has 1 aromatic rings. The van der Waals surface area contributed by atoms with Gasteiger partial charge in [0.1, 0.15) is 0 Å². The van der Waals surface area contributed by atoms with Gasteiger partial charge in [0.2, 0.25) is 5.91 Å². The summed E-state index contributed by atoms with van der Waals surface area (Å²) in [6.07, 6.45) is 4.41. The van der Waals surface area contributed by atoms with Crippen molar-refractivity contribution in [2.45, 2.75) is 18.4 Å². The average molecular weight is 305 g/mol. The minimum absolute atomic E-state index is 0.0732. The van der Waals surface area contributed by atoms with E-state index in [0.717, 1.165) is 31.9 Å². The zero-order valence-electron chi connectivity index (χ0n) is 12.8. The number of likely N-dealkylation sites (tertiary alicyclic amines) is 1. The lowest BCUT2D eigenvalue weighted by atomic mass is 10.0. The topological polar surface area (TPSA) is 65.9 Å². The molecule has 0 spiro atoms. The van der Waals surface area contributed by atoms with E-state index in [-0.39, 0.29) is 5.91 Å². The Kier molecular flexibility index (Phi) is 4.71. The summed E-state index contributed by atoms with van der Waals surface area (Å²) in [7, 11) is 0. The van der Waals surface area contributed by atoms with Crippen molar-refractivity contribution in [1.29, 1.82) is 0 Å². The number of carbonyl (C=O) groups excluding carboxylic acids is 1. The molecule has 6 nitrogen and oxygen atoms in total. The molecule has 0 bridgehead atoms. The molecule has 3 rings (SSSR count). The second-order valence-corrected chi connectivity index (χ2v) is 6.21. The Morgan fingerprint density at radius 3 is 2.73 bits per heavy atom. The largest absolute Gasteiger partial charge is 0.387 e. The number of carbonyl (C=O) groups is 1. The predicted molar refractivity (Wildman–Crippen MR) is 81.3 cm³/mol. The first kappa shape index (κ1) is 15.4. The lowest BCUT2D eigenvalue weighted by Gasteiger charge is -2.33. The second kappa shape index (κ2) is 6.73. The minimum Gasteiger partial charge on any atom is -0.387 e. The summed E-state index contributed by atoms with van der Waals surface area (Å²) in [6, 6.07) is 3.71. The molecule has 1 aromatic heterocycles. The molecule has 1 amide bonds. The maximum atomic E-state index is 12.4. The van der Waals surface area contributed by atoms with Gasteiger partial charge in [0, 0.05) is 38.6 Å². The Hall–Kier alpha value is -1.50. The van der Waals surface area contributed by atoms with Crippen molar-refractivity contribution in [1.82, 2.24) is 14.8 Å². The van der Waals surface area contributed by atoms with Crippen LogP contribution >= 0.6 is 0 Å². The molecule has 1 N–H and O–H groups in total. The summed E-state index contributed by atoms with van der Waals surface area (Å²) in [5, 5.41) is 10.7. The molecular weight excluding hydrogens is 282 g/mol. The van der Waals surface area contributed by atoms with Gasteiger partial charge in [-0.2, -0.15) is 0 Å². The Balaban J connectivity index is 1.53. The van der Waals surface area contributed by atoms with E-state index in [1.54, 1.807) is 17.3 Å². The van der Waals surface area contributed by atoms with Gasteiger partial charge >= 0.3 is 0 Å². The van der Waals surface area contributed by atoms with E-state index in [1.165, 1.54) is 0 Å². The maximum Gasteiger partial charge on any atom is 0.227 e. The van der Waals surface area contributed by atoms with Crippen molar-refractivity contribution in [3.05, 3.63) is 30.1 Å². The van der Waals surface area contributed by atoms with Crippen LogP contribution in [0.1, 0.15) is 12.0 Å². The maximum absolute atomic E-state index is 12.4. The predicted octanol–water partition coefficient (Wildman–Crippen LogP) is -0.0803. The number of amides is 1. The highest BCUT2D eigenvalue weighted by Crippen LogP contribution is 2.23. The SMILES string of the molecule is O=C(Cc1ccncc1)N1CC[C@](O)(CN2CCOCC2)C1. The summed E-state index contributed by atoms with van der Waals surface area (Å²) >= 11 is 0. The molecule has 0 aliphatic carbocycles. The molecule has 2 aliphatic rings. The molecule has 120 valence electrons. The summed E-state index contributed by atoms with van der Waals surface area (Å²) in [4.78, 5) is 20.3. The van der Waals surface area contributed by atoms with Crippen LogP contribution in [-0.4, -0.2) is 77.3 Å². The minimum atomic E-state index is -0.786. The number of ether oxygens (including phenoxy) is 1. The number of aromatic nitrogens is 1. The third-order valence-corrected chi connectivity index (χ3v) is 4.41. The highest BCUT2D eigenvalue weighted by atomic mass is 16.5. The molecule has 0 unspecified atom stereocenters. The Bertz CT molecular complexity index is 505. The van der Waals surface area contributed by atoms with Crippen LogP contribution in [-0.2, 0) is 16.0 Å². The standard InChI is InChI=1S/C16H23N3O3/c20-15(11-14-1-4-17-5-2-14)19-6-3-16(21,13-19)12-18-7-9-22-10-8-18/h1-2,4-5,21H,3,6-13H2/t16-/m0/s1. The zero-order chi connectivity index (χ0) is 15.4. The van der Waals surface area contributed by atoms with Crippen LogP contribution in [0.4, 0.5) is 0 Å². The molecule has 22 heavy (non-hydrogen) atoms. The monoisotopic (exact) mass is 305 g/mol. The van der Waals surface area contributed by atoms with Crippen LogP contribution in [0.2, 0.25) is 0 Å². The molecule has 6 heteroatoms. The van der Waals surface area contributed by atoms with E-state index in [9.17, 15) is 9.90 Å². The number of rotatable bonds is 4. The van der Waals surface area contributed by atoms with Crippen LogP contribution in [0.3, 0.4) is 0 Å². The highest BCUT2D eigenvalue weighted by Gasteiger charge is 2.39. The number of nitrogens with zero attached hydrogens (tertiary/aromatic N) is 3. The van der Waals surface area contributed by atoms with Gasteiger partial charge in [-0.1, -0.05) is 0 Å². The van der Waals surface area contributed by atoms with E-state index < -0.39 is 5.60 Å². The van der Waals surface area contributed by atoms with E-state index in [2.05, 4.69) is 9.88 Å². The van der Waals surface area contributed by atoms with Gasteiger partial charge in [-0.15, -0.1) is 0 Å². The number of hydrogen-bond acceptors (Lipinski definition) is 5. The Morgan fingerprint density at radius 1 is 1.27 bits per heavy atom. The van der Waals surface area contributed by atoms with Crippen LogP contribution in [0.15, 0.2) is 24.5 Å². The van der Waals surface area contributed by atoms with Gasteiger partial charge in [0.05, 0.1) is 31.8 Å².